The molecule has 0 aliphatic carbocycles. The van der Waals surface area contributed by atoms with Crippen LogP contribution in [0.25, 0.3) is 0 Å². The number of hydrogen-bond donors (Lipinski definition) is 1. The van der Waals surface area contributed by atoms with Gasteiger partial charge in [0.1, 0.15) is 11.8 Å². The lowest BCUT2D eigenvalue weighted by molar-refractivity contribution is -0.143. The predicted molar refractivity (Wildman–Crippen MR) is 174 cm³/mol. The largest absolute Gasteiger partial charge is 0.494 e. The van der Waals surface area contributed by atoms with E-state index in [4.69, 9.17) is 16.3 Å². The minimum atomic E-state index is -1.01. The van der Waals surface area contributed by atoms with Gasteiger partial charge in [-0.3, -0.25) is 14.4 Å². The maximum absolute atomic E-state index is 14.8. The first-order valence-corrected chi connectivity index (χ1v) is 16.4. The summed E-state index contributed by atoms with van der Waals surface area (Å²) in [4.78, 5) is 49.2. The molecule has 4 aliphatic rings. The molecule has 2 fully saturated rings. The van der Waals surface area contributed by atoms with Crippen molar-refractivity contribution in [1.29, 1.82) is 0 Å². The van der Waals surface area contributed by atoms with Crippen molar-refractivity contribution in [3.8, 4) is 5.75 Å². The first-order valence-electron chi connectivity index (χ1n) is 15.2. The average molecular weight is 636 g/mol. The fourth-order valence-electron chi connectivity index (χ4n) is 7.41. The predicted octanol–water partition coefficient (Wildman–Crippen LogP) is 4.95. The minimum Gasteiger partial charge on any atom is -0.494 e. The van der Waals surface area contributed by atoms with Gasteiger partial charge in [0.2, 0.25) is 11.8 Å². The number of amides is 3. The number of carbonyl (C=O) groups excluding carboxylic acids is 3. The van der Waals surface area contributed by atoms with Gasteiger partial charge in [0.25, 0.3) is 5.91 Å². The fraction of sp³-hybridized carbons (Fsp3) is 0.441. The first kappa shape index (κ1) is 30.7. The number of anilines is 2. The molecule has 2 aromatic carbocycles. The number of fused-ring (bicyclic) bond motifs is 2. The van der Waals surface area contributed by atoms with Crippen LogP contribution in [0.4, 0.5) is 11.4 Å². The summed E-state index contributed by atoms with van der Waals surface area (Å²) in [6.07, 6.45) is 7.97. The Kier molecular flexibility index (Phi) is 8.09. The first-order chi connectivity index (χ1) is 21.1. The number of nitrogens with zero attached hydrogens (tertiary/aromatic N) is 3. The Labute approximate surface area is 267 Å². The van der Waals surface area contributed by atoms with Gasteiger partial charge in [-0.1, -0.05) is 49.8 Å². The van der Waals surface area contributed by atoms with E-state index in [2.05, 4.69) is 0 Å². The van der Waals surface area contributed by atoms with E-state index in [0.717, 1.165) is 5.75 Å². The highest BCUT2D eigenvalue weighted by molar-refractivity contribution is 8.02. The van der Waals surface area contributed by atoms with Gasteiger partial charge in [0.05, 0.1) is 35.8 Å². The molecule has 2 aromatic rings. The Bertz CT molecular complexity index is 1510. The Morgan fingerprint density at radius 2 is 1.50 bits per heavy atom. The summed E-state index contributed by atoms with van der Waals surface area (Å²) < 4.78 is 3.85. The molecule has 232 valence electrons. The second kappa shape index (κ2) is 11.6. The van der Waals surface area contributed by atoms with E-state index in [-0.39, 0.29) is 30.2 Å². The average Bonchev–Trinajstić information content (AvgIpc) is 3.26. The third-order valence-electron chi connectivity index (χ3n) is 9.41. The van der Waals surface area contributed by atoms with Crippen molar-refractivity contribution in [2.24, 2.45) is 17.8 Å². The number of likely N-dealkylation sites (tertiary alicyclic amines) is 1. The Morgan fingerprint density at radius 1 is 0.909 bits per heavy atom. The summed E-state index contributed by atoms with van der Waals surface area (Å²) >= 11 is 7.69. The van der Waals surface area contributed by atoms with Crippen LogP contribution in [0.5, 0.6) is 5.75 Å². The Balaban J connectivity index is 1.47. The SMILES string of the molecule is CCOc1ccc(N2CC=C[C@]3(C)S[C@]45C=CCN(c6ccc(Cl)cc6)C(=O)C4N([C@@H](CO)C(C)C)C(=O)[C@@H]5[C@@H]3C2=O)cc1. The molecule has 10 heteroatoms. The molecule has 0 bridgehead atoms. The van der Waals surface area contributed by atoms with Crippen LogP contribution < -0.4 is 14.5 Å². The molecule has 1 N–H and O–H groups in total. The zero-order valence-electron chi connectivity index (χ0n) is 25.4. The number of aliphatic hydroxyl groups is 1. The normalized spacial score (nSPS) is 30.3. The Morgan fingerprint density at radius 3 is 2.09 bits per heavy atom. The third-order valence-corrected chi connectivity index (χ3v) is 11.5. The van der Waals surface area contributed by atoms with Crippen LogP contribution >= 0.6 is 23.4 Å². The highest BCUT2D eigenvalue weighted by Gasteiger charge is 2.74. The van der Waals surface area contributed by atoms with Crippen molar-refractivity contribution in [1.82, 2.24) is 4.90 Å². The summed E-state index contributed by atoms with van der Waals surface area (Å²) in [7, 11) is 0. The topological polar surface area (TPSA) is 90.4 Å². The van der Waals surface area contributed by atoms with E-state index < -0.39 is 33.4 Å². The molecular weight excluding hydrogens is 598 g/mol. The molecule has 1 spiro atoms. The summed E-state index contributed by atoms with van der Waals surface area (Å²) in [6, 6.07) is 13.0. The number of carbonyl (C=O) groups is 3. The van der Waals surface area contributed by atoms with Crippen molar-refractivity contribution in [2.45, 2.75) is 49.3 Å². The molecule has 0 aromatic heterocycles. The van der Waals surface area contributed by atoms with Gasteiger partial charge < -0.3 is 24.5 Å². The molecule has 0 saturated carbocycles. The number of halogens is 1. The highest BCUT2D eigenvalue weighted by atomic mass is 35.5. The quantitative estimate of drug-likeness (QED) is 0.433. The molecule has 3 amide bonds. The summed E-state index contributed by atoms with van der Waals surface area (Å²) in [5.74, 6) is -1.60. The molecule has 4 heterocycles. The lowest BCUT2D eigenvalue weighted by Crippen LogP contribution is -2.58. The Hall–Kier alpha value is -3.27. The van der Waals surface area contributed by atoms with Gasteiger partial charge in [-0.2, -0.15) is 0 Å². The molecule has 6 rings (SSSR count). The van der Waals surface area contributed by atoms with Crippen molar-refractivity contribution < 1.29 is 24.2 Å². The summed E-state index contributed by atoms with van der Waals surface area (Å²) in [5, 5.41) is 11.1. The number of aliphatic hydroxyl groups excluding tert-OH is 1. The molecule has 8 nitrogen and oxygen atoms in total. The zero-order valence-corrected chi connectivity index (χ0v) is 26.9. The number of ether oxygens (including phenoxy) is 1. The molecular formula is C34H38ClN3O5S. The second-order valence-electron chi connectivity index (χ2n) is 12.3. The monoisotopic (exact) mass is 635 g/mol. The van der Waals surface area contributed by atoms with Crippen molar-refractivity contribution in [3.05, 3.63) is 77.9 Å². The molecule has 6 atom stereocenters. The van der Waals surface area contributed by atoms with E-state index in [0.29, 0.717) is 36.1 Å². The lowest BCUT2D eigenvalue weighted by atomic mass is 9.74. The summed E-state index contributed by atoms with van der Waals surface area (Å²) in [5.41, 5.74) is 1.39. The van der Waals surface area contributed by atoms with Crippen molar-refractivity contribution in [2.75, 3.05) is 36.1 Å². The zero-order chi connectivity index (χ0) is 31.4. The van der Waals surface area contributed by atoms with Gasteiger partial charge in [-0.05, 0) is 68.3 Å². The van der Waals surface area contributed by atoms with Crippen LogP contribution in [0.1, 0.15) is 27.7 Å². The van der Waals surface area contributed by atoms with Gasteiger partial charge in [0, 0.05) is 34.2 Å². The maximum Gasteiger partial charge on any atom is 0.251 e. The molecule has 44 heavy (non-hydrogen) atoms. The number of benzene rings is 2. The second-order valence-corrected chi connectivity index (χ2v) is 14.6. The number of hydrogen-bond acceptors (Lipinski definition) is 6. The van der Waals surface area contributed by atoms with Crippen LogP contribution in [0.3, 0.4) is 0 Å². The van der Waals surface area contributed by atoms with Crippen LogP contribution in [-0.2, 0) is 14.4 Å². The fourth-order valence-corrected chi connectivity index (χ4v) is 9.68. The maximum atomic E-state index is 14.8. The van der Waals surface area contributed by atoms with E-state index in [9.17, 15) is 19.5 Å². The van der Waals surface area contributed by atoms with Crippen LogP contribution in [0.15, 0.2) is 72.8 Å². The smallest absolute Gasteiger partial charge is 0.251 e. The van der Waals surface area contributed by atoms with E-state index in [1.165, 1.54) is 11.8 Å². The van der Waals surface area contributed by atoms with Gasteiger partial charge in [-0.15, -0.1) is 11.8 Å². The standard InChI is InChI=1S/C34H38ClN3O5S/c1-5-43-25-14-12-24(13-15-25)36-18-6-16-33(4)27(30(36)40)28-31(41)38(26(20-39)21(2)3)29-32(42)37(19-7-17-34(28,29)44-33)23-10-8-22(35)9-11-23/h6-17,21,26-29,39H,5,18-20H2,1-4H3/t26-,27+,28-,29?,33-,34-/m0/s1. The lowest BCUT2D eigenvalue weighted by Gasteiger charge is -2.41. The minimum absolute atomic E-state index is 0.120. The molecule has 0 radical (unpaired) electrons. The van der Waals surface area contributed by atoms with Crippen LogP contribution in [0, 0.1) is 17.8 Å². The van der Waals surface area contributed by atoms with Gasteiger partial charge >= 0.3 is 0 Å². The highest BCUT2D eigenvalue weighted by Crippen LogP contribution is 2.66. The van der Waals surface area contributed by atoms with E-state index in [1.807, 2.05) is 76.3 Å². The summed E-state index contributed by atoms with van der Waals surface area (Å²) in [6.45, 7) is 8.72. The van der Waals surface area contributed by atoms with Crippen LogP contribution in [0.2, 0.25) is 5.02 Å². The van der Waals surface area contributed by atoms with E-state index >= 15 is 0 Å². The van der Waals surface area contributed by atoms with Gasteiger partial charge in [0.15, 0.2) is 0 Å². The van der Waals surface area contributed by atoms with Crippen molar-refractivity contribution in [3.63, 3.8) is 0 Å². The van der Waals surface area contributed by atoms with E-state index in [1.54, 1.807) is 39.0 Å². The third kappa shape index (κ3) is 4.75. The number of thioether (sulfide) groups is 1. The van der Waals surface area contributed by atoms with Crippen molar-refractivity contribution >= 4 is 52.5 Å². The molecule has 1 unspecified atom stereocenters. The molecule has 4 aliphatic heterocycles. The number of rotatable bonds is 7. The molecule has 2 saturated heterocycles. The van der Waals surface area contributed by atoms with Gasteiger partial charge in [-0.25, -0.2) is 0 Å². The van der Waals surface area contributed by atoms with Crippen LogP contribution in [-0.4, -0.2) is 75.6 Å².